The summed E-state index contributed by atoms with van der Waals surface area (Å²) in [5.74, 6) is 0.483. The Hall–Kier alpha value is -4.63. The molecule has 6 rings (SSSR count). The lowest BCUT2D eigenvalue weighted by Crippen LogP contribution is -2.56. The Morgan fingerprint density at radius 1 is 1.20 bits per heavy atom. The highest BCUT2D eigenvalue weighted by atomic mass is 35.5. The lowest BCUT2D eigenvalue weighted by Gasteiger charge is -2.41. The van der Waals surface area contributed by atoms with Gasteiger partial charge in [-0.2, -0.15) is 0 Å². The molecule has 2 aliphatic heterocycles. The van der Waals surface area contributed by atoms with E-state index in [1.54, 1.807) is 18.3 Å². The van der Waals surface area contributed by atoms with E-state index in [2.05, 4.69) is 20.5 Å². The zero-order chi connectivity index (χ0) is 35.6. The number of piperazine rings is 1. The molecule has 0 radical (unpaired) electrons. The molecule has 4 aromatic rings. The van der Waals surface area contributed by atoms with Gasteiger partial charge >= 0.3 is 0 Å². The van der Waals surface area contributed by atoms with Crippen molar-refractivity contribution in [1.82, 2.24) is 24.8 Å². The molecule has 0 aliphatic carbocycles. The summed E-state index contributed by atoms with van der Waals surface area (Å²) in [6.45, 7) is 6.94. The van der Waals surface area contributed by atoms with Crippen molar-refractivity contribution in [2.45, 2.75) is 25.5 Å². The normalized spacial score (nSPS) is 16.9. The number of nitrogens with one attached hydrogen (secondary N) is 2. The van der Waals surface area contributed by atoms with Crippen molar-refractivity contribution in [2.75, 3.05) is 69.5 Å². The maximum Gasteiger partial charge on any atom is 0.267 e. The zero-order valence-electron chi connectivity index (χ0n) is 28.4. The maximum atomic E-state index is 14.2. The number of nitrogens with zero attached hydrogens (tertiary/aromatic N) is 6. The number of rotatable bonds is 9. The summed E-state index contributed by atoms with van der Waals surface area (Å²) < 4.78 is 26.3. The number of benzene rings is 1. The van der Waals surface area contributed by atoms with Crippen LogP contribution in [0.5, 0.6) is 5.75 Å². The highest BCUT2D eigenvalue weighted by Gasteiger charge is 2.39. The predicted octanol–water partition coefficient (Wildman–Crippen LogP) is 5.80. The fourth-order valence-electron chi connectivity index (χ4n) is 5.79. The zero-order valence-corrected chi connectivity index (χ0v) is 29.9. The number of likely N-dealkylation sites (N-methyl/N-ethyl adjacent to an activating group) is 1. The maximum absolute atomic E-state index is 14.2. The minimum Gasteiger partial charge on any atom is -0.493 e. The lowest BCUT2D eigenvalue weighted by atomic mass is 9.96. The summed E-state index contributed by atoms with van der Waals surface area (Å²) in [5, 5.41) is 6.13. The number of hydrogen-bond donors (Lipinski definition) is 2. The van der Waals surface area contributed by atoms with Crippen LogP contribution in [0.4, 0.5) is 26.8 Å². The van der Waals surface area contributed by atoms with Gasteiger partial charge < -0.3 is 34.8 Å². The number of ether oxygens (including phenoxy) is 2. The number of fused-ring (bicyclic) bond motifs is 3. The number of carbonyl (C=O) groups excluding carboxylic acids is 2. The van der Waals surface area contributed by atoms with Crippen molar-refractivity contribution < 1.29 is 23.5 Å². The van der Waals surface area contributed by atoms with Gasteiger partial charge in [0.25, 0.3) is 5.91 Å². The summed E-state index contributed by atoms with van der Waals surface area (Å²) in [5.41, 5.74) is 1.56. The van der Waals surface area contributed by atoms with E-state index >= 15 is 0 Å². The molecule has 2 amide bonds. The molecular formula is C35H38ClFN8O4S. The Balaban J connectivity index is 1.21. The second kappa shape index (κ2) is 14.7. The summed E-state index contributed by atoms with van der Waals surface area (Å²) >= 11 is 7.14. The first-order chi connectivity index (χ1) is 23.9. The Morgan fingerprint density at radius 2 is 2.02 bits per heavy atom. The van der Waals surface area contributed by atoms with Crippen LogP contribution in [0.1, 0.15) is 29.1 Å². The molecular weight excluding hydrogens is 683 g/mol. The van der Waals surface area contributed by atoms with Gasteiger partial charge in [0.2, 0.25) is 5.91 Å². The van der Waals surface area contributed by atoms with E-state index in [9.17, 15) is 14.0 Å². The van der Waals surface area contributed by atoms with Crippen molar-refractivity contribution in [3.05, 3.63) is 82.2 Å². The topological polar surface area (TPSA) is 125 Å². The molecule has 2 aliphatic rings. The van der Waals surface area contributed by atoms with Crippen molar-refractivity contribution >= 4 is 57.2 Å². The molecule has 5 heterocycles. The van der Waals surface area contributed by atoms with E-state index in [-0.39, 0.29) is 27.5 Å². The molecule has 1 unspecified atom stereocenters. The first kappa shape index (κ1) is 35.2. The molecule has 0 spiro atoms. The fraction of sp³-hybridized carbons (Fsp3) is 0.343. The SMILES string of the molecule is COc1ccc(-c2cnc3c(c2)C(C)(C)OCC2CN(C(=O)/C=C/CN(C)C)CCN32)nc1Nc1ncc(C(=O)Nc2c(F)cccc2Cl)s1. The third-order valence-corrected chi connectivity index (χ3v) is 9.71. The number of amides is 2. The highest BCUT2D eigenvalue weighted by Crippen LogP contribution is 2.40. The van der Waals surface area contributed by atoms with Crippen LogP contribution in [-0.4, -0.2) is 96.6 Å². The largest absolute Gasteiger partial charge is 0.493 e. The minimum absolute atomic E-state index is 0.00161. The van der Waals surface area contributed by atoms with E-state index in [4.69, 9.17) is 31.0 Å². The Kier molecular flexibility index (Phi) is 10.3. The van der Waals surface area contributed by atoms with E-state index in [1.165, 1.54) is 31.5 Å². The molecule has 0 saturated carbocycles. The molecule has 1 atom stereocenters. The van der Waals surface area contributed by atoms with E-state index in [1.807, 2.05) is 56.0 Å². The number of hydrogen-bond acceptors (Lipinski definition) is 11. The van der Waals surface area contributed by atoms with Gasteiger partial charge in [-0.25, -0.2) is 19.3 Å². The molecule has 262 valence electrons. The second-order valence-corrected chi connectivity index (χ2v) is 14.1. The summed E-state index contributed by atoms with van der Waals surface area (Å²) in [6, 6.07) is 9.80. The van der Waals surface area contributed by atoms with Gasteiger partial charge in [-0.05, 0) is 58.3 Å². The van der Waals surface area contributed by atoms with Gasteiger partial charge in [-0.15, -0.1) is 0 Å². The van der Waals surface area contributed by atoms with Crippen LogP contribution < -0.4 is 20.3 Å². The molecule has 50 heavy (non-hydrogen) atoms. The number of halogens is 2. The number of anilines is 4. The van der Waals surface area contributed by atoms with Crippen LogP contribution >= 0.6 is 22.9 Å². The van der Waals surface area contributed by atoms with Gasteiger partial charge in [0.05, 0.1) is 48.0 Å². The number of pyridine rings is 2. The average Bonchev–Trinajstić information content (AvgIpc) is 3.53. The molecule has 1 aromatic carbocycles. The monoisotopic (exact) mass is 720 g/mol. The van der Waals surface area contributed by atoms with Gasteiger partial charge in [0, 0.05) is 49.6 Å². The van der Waals surface area contributed by atoms with E-state index < -0.39 is 17.3 Å². The number of thiazole rings is 1. The summed E-state index contributed by atoms with van der Waals surface area (Å²) in [6.07, 6.45) is 6.71. The third-order valence-electron chi connectivity index (χ3n) is 8.48. The molecule has 12 nitrogen and oxygen atoms in total. The van der Waals surface area contributed by atoms with E-state index in [0.29, 0.717) is 55.2 Å². The van der Waals surface area contributed by atoms with Crippen molar-refractivity contribution in [3.63, 3.8) is 0 Å². The van der Waals surface area contributed by atoms with Crippen LogP contribution in [0, 0.1) is 5.82 Å². The number of methoxy groups -OCH3 is 1. The van der Waals surface area contributed by atoms with Crippen LogP contribution in [0.2, 0.25) is 5.02 Å². The number of aromatic nitrogens is 3. The standard InChI is InChI=1S/C35H38ClFN8O4S/c1-35(2)23-16-21(17-38-32(23)45-15-14-44(19-22(45)20-49-35)29(46)10-7-13-43(3)4)26-11-12-27(48-5)31(40-26)42-34-39-18-28(50-34)33(47)41-30-24(36)8-6-9-25(30)37/h6-12,16-18,22H,13-15,19-20H2,1-5H3,(H,41,47)(H,39,40,42)/b10-7+. The average molecular weight is 721 g/mol. The second-order valence-electron chi connectivity index (χ2n) is 12.7. The molecule has 1 saturated heterocycles. The van der Waals surface area contributed by atoms with Crippen LogP contribution in [0.3, 0.4) is 0 Å². The summed E-state index contributed by atoms with van der Waals surface area (Å²) in [4.78, 5) is 46.2. The van der Waals surface area contributed by atoms with Crippen LogP contribution in [0.15, 0.2) is 60.9 Å². The molecule has 2 N–H and O–H groups in total. The first-order valence-corrected chi connectivity index (χ1v) is 17.2. The van der Waals surface area contributed by atoms with Crippen molar-refractivity contribution in [2.24, 2.45) is 0 Å². The Bertz CT molecular complexity index is 1920. The van der Waals surface area contributed by atoms with Gasteiger partial charge in [0.15, 0.2) is 16.7 Å². The first-order valence-electron chi connectivity index (χ1n) is 16.0. The van der Waals surface area contributed by atoms with Crippen molar-refractivity contribution in [1.29, 1.82) is 0 Å². The van der Waals surface area contributed by atoms with Gasteiger partial charge in [-0.3, -0.25) is 9.59 Å². The number of carbonyl (C=O) groups is 2. The molecule has 0 bridgehead atoms. The Morgan fingerprint density at radius 3 is 2.78 bits per heavy atom. The quantitative estimate of drug-likeness (QED) is 0.205. The molecule has 1 fully saturated rings. The summed E-state index contributed by atoms with van der Waals surface area (Å²) in [7, 11) is 5.46. The minimum atomic E-state index is -0.658. The van der Waals surface area contributed by atoms with Crippen LogP contribution in [0.25, 0.3) is 11.3 Å². The van der Waals surface area contributed by atoms with Crippen LogP contribution in [-0.2, 0) is 15.1 Å². The van der Waals surface area contributed by atoms with Gasteiger partial charge in [-0.1, -0.05) is 35.1 Å². The highest BCUT2D eigenvalue weighted by molar-refractivity contribution is 7.17. The molecule has 15 heteroatoms. The van der Waals surface area contributed by atoms with Crippen molar-refractivity contribution in [3.8, 4) is 17.0 Å². The lowest BCUT2D eigenvalue weighted by molar-refractivity contribution is -0.127. The third kappa shape index (κ3) is 7.58. The molecule has 3 aromatic heterocycles. The van der Waals surface area contributed by atoms with Gasteiger partial charge in [0.1, 0.15) is 16.5 Å². The fourth-order valence-corrected chi connectivity index (χ4v) is 6.71. The smallest absolute Gasteiger partial charge is 0.267 e. The van der Waals surface area contributed by atoms with E-state index in [0.717, 1.165) is 28.3 Å². The Labute approximate surface area is 298 Å². The predicted molar refractivity (Wildman–Crippen MR) is 193 cm³/mol. The number of para-hydroxylation sites is 1.